The van der Waals surface area contributed by atoms with Crippen molar-refractivity contribution in [2.24, 2.45) is 15.4 Å². The molecule has 0 spiro atoms. The molecule has 1 fully saturated rings. The zero-order chi connectivity index (χ0) is 16.7. The molecule has 2 rings (SSSR count). The van der Waals surface area contributed by atoms with Gasteiger partial charge in [-0.05, 0) is 25.7 Å². The van der Waals surface area contributed by atoms with Gasteiger partial charge >= 0.3 is 0 Å². The maximum absolute atomic E-state index is 10.7. The van der Waals surface area contributed by atoms with E-state index < -0.39 is 6.23 Å². The highest BCUT2D eigenvalue weighted by atomic mass is 32.2. The lowest BCUT2D eigenvalue weighted by Crippen LogP contribution is -2.45. The molecule has 1 aliphatic heterocycles. The Kier molecular flexibility index (Phi) is 6.78. The fourth-order valence-corrected chi connectivity index (χ4v) is 3.36. The molecule has 2 aliphatic rings. The maximum atomic E-state index is 10.7. The highest BCUT2D eigenvalue weighted by molar-refractivity contribution is 8.13. The zero-order valence-electron chi connectivity index (χ0n) is 13.3. The van der Waals surface area contributed by atoms with Crippen LogP contribution in [-0.2, 0) is 4.74 Å². The Morgan fingerprint density at radius 3 is 2.96 bits per heavy atom. The Labute approximate surface area is 139 Å². The number of amidine groups is 1. The first-order valence-corrected chi connectivity index (χ1v) is 8.66. The standard InChI is InChI=1S/C13H23N7O2S/c1-3-6-23-13-16-11(10(18-20-14)12(17-13)22-2)15-8-4-5-9(7-8)19-21/h8-9,12,15H,3-7H2,1-2H3,(H2,14,18)(H,16,17)/t8-,9+,12?/m0/s1. The molecule has 4 N–H and O–H groups in total. The summed E-state index contributed by atoms with van der Waals surface area (Å²) in [5, 5.41) is 13.6. The fraction of sp³-hybridized carbons (Fsp3) is 0.769. The SMILES string of the molecule is CCCSC1=NC(N[C@H]2CC[C@@H](N=O)C2)=C(NN=N)C(OC)N1. The topological polar surface area (TPSA) is 123 Å². The van der Waals surface area contributed by atoms with E-state index in [0.717, 1.165) is 30.2 Å². The van der Waals surface area contributed by atoms with Crippen molar-refractivity contribution in [1.29, 1.82) is 5.53 Å². The predicted octanol–water partition coefficient (Wildman–Crippen LogP) is 2.04. The number of nitrogens with one attached hydrogen (secondary N) is 4. The third kappa shape index (κ3) is 4.64. The lowest BCUT2D eigenvalue weighted by atomic mass is 10.2. The van der Waals surface area contributed by atoms with E-state index in [0.29, 0.717) is 17.9 Å². The summed E-state index contributed by atoms with van der Waals surface area (Å²) in [5.74, 6) is 1.54. The first-order chi connectivity index (χ1) is 11.2. The van der Waals surface area contributed by atoms with E-state index in [9.17, 15) is 4.91 Å². The van der Waals surface area contributed by atoms with Crippen LogP contribution in [0.4, 0.5) is 0 Å². The summed E-state index contributed by atoms with van der Waals surface area (Å²) in [6.45, 7) is 2.11. The van der Waals surface area contributed by atoms with E-state index in [-0.39, 0.29) is 12.1 Å². The minimum atomic E-state index is -0.454. The molecule has 0 bridgehead atoms. The van der Waals surface area contributed by atoms with Gasteiger partial charge in [-0.1, -0.05) is 29.1 Å². The highest BCUT2D eigenvalue weighted by Gasteiger charge is 2.30. The van der Waals surface area contributed by atoms with E-state index in [1.54, 1.807) is 18.9 Å². The summed E-state index contributed by atoms with van der Waals surface area (Å²) in [6.07, 6.45) is 2.93. The molecule has 3 atom stereocenters. The maximum Gasteiger partial charge on any atom is 0.175 e. The first kappa shape index (κ1) is 17.7. The molecule has 0 aromatic carbocycles. The van der Waals surface area contributed by atoms with Crippen LogP contribution in [0, 0.1) is 10.4 Å². The van der Waals surface area contributed by atoms with Crippen molar-refractivity contribution in [3.63, 3.8) is 0 Å². The van der Waals surface area contributed by atoms with Crippen molar-refractivity contribution in [3.05, 3.63) is 16.4 Å². The average molecular weight is 341 g/mol. The van der Waals surface area contributed by atoms with Gasteiger partial charge in [0.1, 0.15) is 5.70 Å². The summed E-state index contributed by atoms with van der Waals surface area (Å²) in [7, 11) is 1.58. The molecule has 1 unspecified atom stereocenters. The van der Waals surface area contributed by atoms with Crippen LogP contribution in [0.5, 0.6) is 0 Å². The molecular weight excluding hydrogens is 318 g/mol. The van der Waals surface area contributed by atoms with Crippen LogP contribution in [0.1, 0.15) is 32.6 Å². The van der Waals surface area contributed by atoms with Crippen LogP contribution in [-0.4, -0.2) is 36.3 Å². The fourth-order valence-electron chi connectivity index (χ4n) is 2.61. The number of nitrogens with zero attached hydrogens (tertiary/aromatic N) is 3. The van der Waals surface area contributed by atoms with Crippen LogP contribution in [0.25, 0.3) is 0 Å². The second-order valence-electron chi connectivity index (χ2n) is 5.42. The molecule has 0 amide bonds. The Hall–Kier alpha value is -1.68. The average Bonchev–Trinajstić information content (AvgIpc) is 3.02. The summed E-state index contributed by atoms with van der Waals surface area (Å²) in [5.41, 5.74) is 10.3. The quantitative estimate of drug-likeness (QED) is 0.304. The van der Waals surface area contributed by atoms with Crippen molar-refractivity contribution < 1.29 is 4.74 Å². The van der Waals surface area contributed by atoms with E-state index in [4.69, 9.17) is 10.3 Å². The second kappa shape index (κ2) is 8.82. The number of aliphatic imine (C=N–C) groups is 1. The van der Waals surface area contributed by atoms with Gasteiger partial charge in [0.25, 0.3) is 0 Å². The number of rotatable bonds is 8. The molecule has 10 heteroatoms. The molecule has 9 nitrogen and oxygen atoms in total. The van der Waals surface area contributed by atoms with Gasteiger partial charge in [0.2, 0.25) is 0 Å². The Bertz CT molecular complexity index is 497. The number of thioether (sulfide) groups is 1. The smallest absolute Gasteiger partial charge is 0.175 e. The first-order valence-electron chi connectivity index (χ1n) is 7.68. The van der Waals surface area contributed by atoms with Gasteiger partial charge in [-0.2, -0.15) is 10.4 Å². The van der Waals surface area contributed by atoms with Gasteiger partial charge in [-0.15, -0.1) is 0 Å². The van der Waals surface area contributed by atoms with Crippen LogP contribution >= 0.6 is 11.8 Å². The highest BCUT2D eigenvalue weighted by Crippen LogP contribution is 2.25. The lowest BCUT2D eigenvalue weighted by Gasteiger charge is -2.28. The van der Waals surface area contributed by atoms with Crippen molar-refractivity contribution in [3.8, 4) is 0 Å². The van der Waals surface area contributed by atoms with Gasteiger partial charge in [0, 0.05) is 18.9 Å². The Morgan fingerprint density at radius 1 is 1.52 bits per heavy atom. The van der Waals surface area contributed by atoms with Crippen LogP contribution in [0.3, 0.4) is 0 Å². The molecule has 0 aromatic heterocycles. The third-order valence-corrected chi connectivity index (χ3v) is 4.83. The number of methoxy groups -OCH3 is 1. The molecule has 1 aliphatic carbocycles. The van der Waals surface area contributed by atoms with Gasteiger partial charge in [-0.3, -0.25) is 5.43 Å². The minimum Gasteiger partial charge on any atom is -0.366 e. The predicted molar refractivity (Wildman–Crippen MR) is 89.8 cm³/mol. The van der Waals surface area contributed by atoms with E-state index in [1.807, 2.05) is 0 Å². The summed E-state index contributed by atoms with van der Waals surface area (Å²) >= 11 is 1.61. The van der Waals surface area contributed by atoms with Gasteiger partial charge in [0.15, 0.2) is 17.2 Å². The van der Waals surface area contributed by atoms with E-state index in [1.165, 1.54) is 0 Å². The van der Waals surface area contributed by atoms with Crippen LogP contribution in [0.15, 0.2) is 26.9 Å². The summed E-state index contributed by atoms with van der Waals surface area (Å²) in [4.78, 5) is 15.3. The molecule has 1 saturated carbocycles. The summed E-state index contributed by atoms with van der Waals surface area (Å²) in [6, 6.07) is -0.00441. The molecule has 0 aromatic rings. The Morgan fingerprint density at radius 2 is 2.35 bits per heavy atom. The minimum absolute atomic E-state index is 0.131. The number of ether oxygens (including phenoxy) is 1. The van der Waals surface area contributed by atoms with E-state index in [2.05, 4.69) is 38.4 Å². The number of hydrogen-bond donors (Lipinski definition) is 4. The van der Waals surface area contributed by atoms with Gasteiger partial charge in [-0.25, -0.2) is 4.99 Å². The van der Waals surface area contributed by atoms with Crippen LogP contribution in [0.2, 0.25) is 0 Å². The number of nitroso groups, excluding NO2 is 1. The van der Waals surface area contributed by atoms with Crippen LogP contribution < -0.4 is 16.1 Å². The largest absolute Gasteiger partial charge is 0.366 e. The normalized spacial score (nSPS) is 27.2. The van der Waals surface area contributed by atoms with Gasteiger partial charge in [0.05, 0.1) is 6.04 Å². The van der Waals surface area contributed by atoms with Crippen molar-refractivity contribution >= 4 is 16.9 Å². The Balaban J connectivity index is 2.17. The molecule has 1 heterocycles. The molecular formula is C13H23N7O2S. The van der Waals surface area contributed by atoms with E-state index >= 15 is 0 Å². The zero-order valence-corrected chi connectivity index (χ0v) is 14.2. The van der Waals surface area contributed by atoms with Crippen molar-refractivity contribution in [1.82, 2.24) is 16.1 Å². The third-order valence-electron chi connectivity index (χ3n) is 3.74. The monoisotopic (exact) mass is 341 g/mol. The van der Waals surface area contributed by atoms with Crippen molar-refractivity contribution in [2.75, 3.05) is 12.9 Å². The summed E-state index contributed by atoms with van der Waals surface area (Å²) < 4.78 is 5.43. The molecule has 0 saturated heterocycles. The molecule has 23 heavy (non-hydrogen) atoms. The molecule has 0 radical (unpaired) electrons. The van der Waals surface area contributed by atoms with Crippen molar-refractivity contribution in [2.45, 2.75) is 50.9 Å². The number of hydrogen-bond acceptors (Lipinski definition) is 9. The second-order valence-corrected chi connectivity index (χ2v) is 6.51. The van der Waals surface area contributed by atoms with Gasteiger partial charge < -0.3 is 15.4 Å². The lowest BCUT2D eigenvalue weighted by molar-refractivity contribution is 0.111. The molecule has 128 valence electrons.